The van der Waals surface area contributed by atoms with Crippen LogP contribution in [0.2, 0.25) is 0 Å². The van der Waals surface area contributed by atoms with Gasteiger partial charge >= 0.3 is 0 Å². The van der Waals surface area contributed by atoms with E-state index in [-0.39, 0.29) is 5.91 Å². The molecule has 196 valence electrons. The van der Waals surface area contributed by atoms with Gasteiger partial charge in [0.2, 0.25) is 5.91 Å². The van der Waals surface area contributed by atoms with Gasteiger partial charge in [-0.2, -0.15) is 0 Å². The predicted octanol–water partition coefficient (Wildman–Crippen LogP) is 5.10. The van der Waals surface area contributed by atoms with Crippen molar-refractivity contribution in [2.75, 3.05) is 31.6 Å². The van der Waals surface area contributed by atoms with Crippen LogP contribution in [0, 0.1) is 13.8 Å². The molecule has 0 N–H and O–H groups in total. The van der Waals surface area contributed by atoms with E-state index in [9.17, 15) is 4.79 Å². The molecule has 2 aromatic heterocycles. The van der Waals surface area contributed by atoms with Gasteiger partial charge in [-0.1, -0.05) is 37.3 Å². The molecule has 0 aliphatic carbocycles. The quantitative estimate of drug-likeness (QED) is 0.350. The number of carbonyl (C=O) groups excluding carboxylic acids is 1. The Kier molecular flexibility index (Phi) is 6.53. The number of likely N-dealkylation sites (N-methyl/N-ethyl adjacent to an activating group) is 1. The van der Waals surface area contributed by atoms with E-state index in [1.54, 1.807) is 11.3 Å². The molecular formula is C30H34N6OS. The maximum absolute atomic E-state index is 12.7. The summed E-state index contributed by atoms with van der Waals surface area (Å²) in [7, 11) is 1.98. The number of thiazole rings is 1. The van der Waals surface area contributed by atoms with Gasteiger partial charge in [0, 0.05) is 35.4 Å². The van der Waals surface area contributed by atoms with E-state index in [1.807, 2.05) is 29.4 Å². The molecule has 2 aliphatic heterocycles. The molecule has 0 unspecified atom stereocenters. The summed E-state index contributed by atoms with van der Waals surface area (Å²) in [5, 5.41) is 1.05. The molecule has 4 aromatic rings. The molecule has 0 atom stereocenters. The van der Waals surface area contributed by atoms with Crippen LogP contribution in [0.5, 0.6) is 0 Å². The summed E-state index contributed by atoms with van der Waals surface area (Å²) >= 11 is 1.73. The van der Waals surface area contributed by atoms with Crippen LogP contribution in [-0.4, -0.2) is 56.9 Å². The number of benzene rings is 2. The molecule has 1 amide bonds. The van der Waals surface area contributed by atoms with Gasteiger partial charge in [0.25, 0.3) is 0 Å². The highest BCUT2D eigenvalue weighted by Crippen LogP contribution is 2.40. The predicted molar refractivity (Wildman–Crippen MR) is 153 cm³/mol. The van der Waals surface area contributed by atoms with Crippen molar-refractivity contribution >= 4 is 22.9 Å². The summed E-state index contributed by atoms with van der Waals surface area (Å²) in [4.78, 5) is 29.6. The second kappa shape index (κ2) is 10.0. The Balaban J connectivity index is 1.26. The molecule has 0 spiro atoms. The van der Waals surface area contributed by atoms with Gasteiger partial charge in [-0.3, -0.25) is 9.69 Å². The van der Waals surface area contributed by atoms with Crippen LogP contribution in [-0.2, 0) is 31.0 Å². The first-order chi connectivity index (χ1) is 18.4. The Labute approximate surface area is 228 Å². The zero-order chi connectivity index (χ0) is 26.4. The number of aromatic nitrogens is 3. The summed E-state index contributed by atoms with van der Waals surface area (Å²) in [5.74, 6) is 0.174. The van der Waals surface area contributed by atoms with Crippen molar-refractivity contribution in [2.45, 2.75) is 47.0 Å². The van der Waals surface area contributed by atoms with E-state index >= 15 is 0 Å². The molecule has 38 heavy (non-hydrogen) atoms. The Morgan fingerprint density at radius 2 is 1.76 bits per heavy atom. The minimum Gasteiger partial charge on any atom is -0.364 e. The average Bonchev–Trinajstić information content (AvgIpc) is 3.64. The normalized spacial score (nSPS) is 14.8. The van der Waals surface area contributed by atoms with E-state index in [4.69, 9.17) is 4.98 Å². The molecule has 0 radical (unpaired) electrons. The van der Waals surface area contributed by atoms with Gasteiger partial charge in [-0.25, -0.2) is 9.97 Å². The van der Waals surface area contributed by atoms with E-state index in [0.717, 1.165) is 36.9 Å². The molecule has 4 heterocycles. The van der Waals surface area contributed by atoms with Crippen molar-refractivity contribution in [3.05, 3.63) is 76.3 Å². The Hall–Kier alpha value is -3.49. The molecule has 2 aromatic carbocycles. The third-order valence-corrected chi connectivity index (χ3v) is 9.13. The van der Waals surface area contributed by atoms with Gasteiger partial charge in [0.1, 0.15) is 5.01 Å². The highest BCUT2D eigenvalue weighted by molar-refractivity contribution is 7.15. The Morgan fingerprint density at radius 3 is 2.55 bits per heavy atom. The first kappa shape index (κ1) is 24.8. The number of anilines is 1. The van der Waals surface area contributed by atoms with Crippen LogP contribution in [0.25, 0.3) is 21.7 Å². The van der Waals surface area contributed by atoms with Crippen LogP contribution in [0.3, 0.4) is 0 Å². The molecule has 2 aliphatic rings. The number of hydrogen-bond donors (Lipinski definition) is 0. The number of carbonyl (C=O) groups is 1. The van der Waals surface area contributed by atoms with Gasteiger partial charge in [-0.15, -0.1) is 11.3 Å². The summed E-state index contributed by atoms with van der Waals surface area (Å²) in [6, 6.07) is 13.2. The van der Waals surface area contributed by atoms with Crippen molar-refractivity contribution < 1.29 is 4.79 Å². The molecule has 0 saturated heterocycles. The van der Waals surface area contributed by atoms with Gasteiger partial charge in [0.15, 0.2) is 0 Å². The number of hydrogen-bond acceptors (Lipinski definition) is 6. The fourth-order valence-electron chi connectivity index (χ4n) is 5.58. The van der Waals surface area contributed by atoms with E-state index in [1.165, 1.54) is 44.1 Å². The maximum atomic E-state index is 12.7. The van der Waals surface area contributed by atoms with Crippen molar-refractivity contribution in [3.63, 3.8) is 0 Å². The Morgan fingerprint density at radius 1 is 1.00 bits per heavy atom. The third-order valence-electron chi connectivity index (χ3n) is 8.01. The summed E-state index contributed by atoms with van der Waals surface area (Å²) < 4.78 is 2.24. The molecule has 7 nitrogen and oxygen atoms in total. The minimum atomic E-state index is 0.174. The number of nitrogens with zero attached hydrogens (tertiary/aromatic N) is 6. The lowest BCUT2D eigenvalue weighted by molar-refractivity contribution is -0.132. The molecule has 8 heteroatoms. The molecular weight excluding hydrogens is 492 g/mol. The number of fused-ring (bicyclic) bond motifs is 2. The van der Waals surface area contributed by atoms with Gasteiger partial charge in [-0.05, 0) is 55.8 Å². The van der Waals surface area contributed by atoms with Crippen LogP contribution < -0.4 is 4.90 Å². The summed E-state index contributed by atoms with van der Waals surface area (Å²) in [5.41, 5.74) is 9.82. The van der Waals surface area contributed by atoms with Crippen LogP contribution >= 0.6 is 11.3 Å². The fourth-order valence-corrected chi connectivity index (χ4v) is 6.75. The van der Waals surface area contributed by atoms with Crippen LogP contribution in [0.4, 0.5) is 5.69 Å². The minimum absolute atomic E-state index is 0.174. The second-order valence-electron chi connectivity index (χ2n) is 10.4. The first-order valence-corrected chi connectivity index (χ1v) is 14.1. The maximum Gasteiger partial charge on any atom is 0.237 e. The second-order valence-corrected chi connectivity index (χ2v) is 11.5. The topological polar surface area (TPSA) is 57.5 Å². The number of amides is 1. The van der Waals surface area contributed by atoms with Gasteiger partial charge < -0.3 is 14.4 Å². The standard InChI is InChI=1S/C30H34N6OS/c1-5-33(4)18-29(37)36-16-26-28(17-36)38-30(32-26)25-10-6-8-23(20(25)2)24-9-7-11-27(21(24)3)34-12-13-35-19-31-14-22(35)15-34/h6-11,14,19H,5,12-13,15-18H2,1-4H3. The van der Waals surface area contributed by atoms with E-state index < -0.39 is 0 Å². The molecule has 0 fully saturated rings. The number of rotatable bonds is 6. The highest BCUT2D eigenvalue weighted by atomic mass is 32.1. The SMILES string of the molecule is CCN(C)CC(=O)N1Cc2nc(-c3cccc(-c4cccc(N5CCn6cncc6C5)c4C)c3C)sc2C1. The zero-order valence-electron chi connectivity index (χ0n) is 22.6. The average molecular weight is 527 g/mol. The van der Waals surface area contributed by atoms with Crippen LogP contribution in [0.1, 0.15) is 34.3 Å². The zero-order valence-corrected chi connectivity index (χ0v) is 23.4. The molecule has 6 rings (SSSR count). The lowest BCUT2D eigenvalue weighted by atomic mass is 9.92. The smallest absolute Gasteiger partial charge is 0.237 e. The highest BCUT2D eigenvalue weighted by Gasteiger charge is 2.28. The summed E-state index contributed by atoms with van der Waals surface area (Å²) in [6.45, 7) is 11.9. The largest absolute Gasteiger partial charge is 0.364 e. The van der Waals surface area contributed by atoms with Gasteiger partial charge in [0.05, 0.1) is 43.9 Å². The first-order valence-electron chi connectivity index (χ1n) is 13.3. The fraction of sp³-hybridized carbons (Fsp3) is 0.367. The van der Waals surface area contributed by atoms with E-state index in [2.05, 4.69) is 71.6 Å². The van der Waals surface area contributed by atoms with Crippen molar-refractivity contribution in [1.82, 2.24) is 24.3 Å². The lowest BCUT2D eigenvalue weighted by Gasteiger charge is -2.32. The third kappa shape index (κ3) is 4.41. The summed E-state index contributed by atoms with van der Waals surface area (Å²) in [6.07, 6.45) is 3.91. The number of imidazole rings is 1. The molecule has 0 bridgehead atoms. The monoisotopic (exact) mass is 526 g/mol. The lowest BCUT2D eigenvalue weighted by Crippen LogP contribution is -2.35. The Bertz CT molecular complexity index is 1480. The van der Waals surface area contributed by atoms with Crippen molar-refractivity contribution in [3.8, 4) is 21.7 Å². The van der Waals surface area contributed by atoms with Crippen molar-refractivity contribution in [1.29, 1.82) is 0 Å². The van der Waals surface area contributed by atoms with E-state index in [0.29, 0.717) is 19.6 Å². The van der Waals surface area contributed by atoms with Crippen molar-refractivity contribution in [2.24, 2.45) is 0 Å². The van der Waals surface area contributed by atoms with Crippen LogP contribution in [0.15, 0.2) is 48.9 Å². The molecule has 0 saturated carbocycles.